The molecule has 6 nitrogen and oxygen atoms in total. The van der Waals surface area contributed by atoms with E-state index in [0.29, 0.717) is 22.0 Å². The number of amides is 1. The Bertz CT molecular complexity index is 1060. The largest absolute Gasteiger partial charge is 0.495 e. The van der Waals surface area contributed by atoms with E-state index in [1.807, 2.05) is 45.2 Å². The zero-order chi connectivity index (χ0) is 21.1. The number of anilines is 1. The Morgan fingerprint density at radius 1 is 1.24 bits per heavy atom. The number of ketones is 1. The minimum absolute atomic E-state index is 0.00517. The predicted molar refractivity (Wildman–Crippen MR) is 115 cm³/mol. The number of aryl methyl sites for hydroxylation is 1. The number of methoxy groups -OCH3 is 1. The second kappa shape index (κ2) is 8.68. The molecule has 0 radical (unpaired) electrons. The Balaban J connectivity index is 1.72. The van der Waals surface area contributed by atoms with Gasteiger partial charge in [-0.05, 0) is 38.1 Å². The molecule has 3 N–H and O–H groups in total. The molecular formula is C22H25ClN3O3+. The van der Waals surface area contributed by atoms with Crippen LogP contribution in [0.5, 0.6) is 5.75 Å². The number of halogens is 1. The van der Waals surface area contributed by atoms with Crippen LogP contribution in [0.4, 0.5) is 5.69 Å². The minimum Gasteiger partial charge on any atom is -0.495 e. The average Bonchev–Trinajstić information content (AvgIpc) is 3.02. The predicted octanol–water partition coefficient (Wildman–Crippen LogP) is 2.86. The summed E-state index contributed by atoms with van der Waals surface area (Å²) in [5.74, 6) is 0.308. The minimum atomic E-state index is -0.389. The molecule has 0 saturated carbocycles. The number of aromatic nitrogens is 1. The highest BCUT2D eigenvalue weighted by Crippen LogP contribution is 2.27. The maximum Gasteiger partial charge on any atom is 0.279 e. The highest BCUT2D eigenvalue weighted by Gasteiger charge is 2.28. The number of rotatable bonds is 7. The van der Waals surface area contributed by atoms with Gasteiger partial charge in [0.1, 0.15) is 11.8 Å². The van der Waals surface area contributed by atoms with E-state index in [-0.39, 0.29) is 24.3 Å². The lowest BCUT2D eigenvalue weighted by Crippen LogP contribution is -3.14. The topological polar surface area (TPSA) is 75.6 Å². The van der Waals surface area contributed by atoms with Gasteiger partial charge in [0.25, 0.3) is 5.91 Å². The number of likely N-dealkylation sites (N-methyl/N-ethyl adjacent to an activating group) is 1. The van der Waals surface area contributed by atoms with Crippen molar-refractivity contribution in [2.24, 2.45) is 0 Å². The van der Waals surface area contributed by atoms with Gasteiger partial charge in [-0.25, -0.2) is 0 Å². The maximum absolute atomic E-state index is 13.2. The number of carbonyl (C=O) groups is 2. The number of hydrogen-bond donors (Lipinski definition) is 3. The number of para-hydroxylation sites is 1. The summed E-state index contributed by atoms with van der Waals surface area (Å²) < 4.78 is 5.26. The Kier molecular flexibility index (Phi) is 6.25. The average molecular weight is 415 g/mol. The van der Waals surface area contributed by atoms with Crippen molar-refractivity contribution < 1.29 is 19.2 Å². The first-order chi connectivity index (χ1) is 13.8. The molecule has 0 aliphatic carbocycles. The van der Waals surface area contributed by atoms with Gasteiger partial charge in [0.15, 0.2) is 6.54 Å². The second-order valence-electron chi connectivity index (χ2n) is 7.17. The van der Waals surface area contributed by atoms with Crippen LogP contribution in [0.2, 0.25) is 5.02 Å². The van der Waals surface area contributed by atoms with Crippen molar-refractivity contribution in [3.8, 4) is 5.75 Å². The summed E-state index contributed by atoms with van der Waals surface area (Å²) in [6.45, 7) is 3.86. The number of benzene rings is 2. The van der Waals surface area contributed by atoms with Crippen LogP contribution in [-0.2, 0) is 4.79 Å². The summed E-state index contributed by atoms with van der Waals surface area (Å²) in [5.41, 5.74) is 2.96. The third-order valence-corrected chi connectivity index (χ3v) is 5.38. The zero-order valence-electron chi connectivity index (χ0n) is 16.9. The van der Waals surface area contributed by atoms with Crippen LogP contribution in [0.3, 0.4) is 0 Å². The number of ether oxygens (including phenoxy) is 1. The first-order valence-corrected chi connectivity index (χ1v) is 9.76. The van der Waals surface area contributed by atoms with Crippen LogP contribution in [-0.4, -0.2) is 43.4 Å². The maximum atomic E-state index is 13.2. The molecule has 1 amide bonds. The molecule has 1 aromatic heterocycles. The fourth-order valence-corrected chi connectivity index (χ4v) is 3.59. The molecule has 152 valence electrons. The standard InChI is InChI=1S/C22H24ClN3O3/c1-13-21(16-7-5-6-8-17(16)24-13)22(28)14(2)26(3)12-20(27)25-18-11-15(23)9-10-19(18)29-4/h5-11,14,24H,12H2,1-4H3,(H,25,27)/p+1/t14-/m1/s1. The van der Waals surface area contributed by atoms with Crippen LogP contribution in [0.1, 0.15) is 23.0 Å². The lowest BCUT2D eigenvalue weighted by molar-refractivity contribution is -0.885. The molecule has 7 heteroatoms. The van der Waals surface area contributed by atoms with Crippen molar-refractivity contribution in [1.82, 2.24) is 4.98 Å². The van der Waals surface area contributed by atoms with E-state index < -0.39 is 0 Å². The van der Waals surface area contributed by atoms with Crippen LogP contribution >= 0.6 is 11.6 Å². The molecule has 0 aliphatic rings. The van der Waals surface area contributed by atoms with Crippen molar-refractivity contribution in [2.45, 2.75) is 19.9 Å². The Morgan fingerprint density at radius 3 is 2.69 bits per heavy atom. The molecule has 2 aromatic carbocycles. The van der Waals surface area contributed by atoms with Crippen molar-refractivity contribution in [3.05, 3.63) is 58.7 Å². The van der Waals surface area contributed by atoms with Crippen molar-refractivity contribution in [3.63, 3.8) is 0 Å². The lowest BCUT2D eigenvalue weighted by atomic mass is 10.0. The first-order valence-electron chi connectivity index (χ1n) is 9.39. The van der Waals surface area contributed by atoms with E-state index in [2.05, 4.69) is 10.3 Å². The summed E-state index contributed by atoms with van der Waals surface area (Å²) in [6, 6.07) is 12.4. The van der Waals surface area contributed by atoms with Gasteiger partial charge >= 0.3 is 0 Å². The highest BCUT2D eigenvalue weighted by atomic mass is 35.5. The van der Waals surface area contributed by atoms with Crippen molar-refractivity contribution in [2.75, 3.05) is 26.0 Å². The molecular weight excluding hydrogens is 390 g/mol. The monoisotopic (exact) mass is 414 g/mol. The smallest absolute Gasteiger partial charge is 0.279 e. The fraction of sp³-hybridized carbons (Fsp3) is 0.273. The van der Waals surface area contributed by atoms with Gasteiger partial charge in [-0.3, -0.25) is 9.59 Å². The normalized spacial score (nSPS) is 13.1. The Hall–Kier alpha value is -2.83. The van der Waals surface area contributed by atoms with Gasteiger partial charge in [-0.15, -0.1) is 0 Å². The third-order valence-electron chi connectivity index (χ3n) is 5.15. The van der Waals surface area contributed by atoms with Gasteiger partial charge in [0.2, 0.25) is 5.78 Å². The summed E-state index contributed by atoms with van der Waals surface area (Å²) in [7, 11) is 3.36. The number of hydrogen-bond acceptors (Lipinski definition) is 3. The lowest BCUT2D eigenvalue weighted by Gasteiger charge is -2.20. The van der Waals surface area contributed by atoms with Gasteiger partial charge in [0, 0.05) is 21.6 Å². The van der Waals surface area contributed by atoms with Gasteiger partial charge in [-0.1, -0.05) is 29.8 Å². The molecule has 1 heterocycles. The number of Topliss-reactive ketones (excluding diaryl/α,β-unsaturated/α-hetero) is 1. The summed E-state index contributed by atoms with van der Waals surface area (Å²) in [4.78, 5) is 29.8. The molecule has 3 aromatic rings. The van der Waals surface area contributed by atoms with Crippen LogP contribution in [0.25, 0.3) is 10.9 Å². The second-order valence-corrected chi connectivity index (χ2v) is 7.61. The molecule has 0 spiro atoms. The molecule has 2 atom stereocenters. The van der Waals surface area contributed by atoms with E-state index >= 15 is 0 Å². The summed E-state index contributed by atoms with van der Waals surface area (Å²) >= 11 is 6.01. The van der Waals surface area contributed by atoms with Crippen LogP contribution in [0.15, 0.2) is 42.5 Å². The van der Waals surface area contributed by atoms with Crippen molar-refractivity contribution >= 4 is 39.9 Å². The molecule has 29 heavy (non-hydrogen) atoms. The summed E-state index contributed by atoms with van der Waals surface area (Å²) in [5, 5.41) is 4.22. The number of quaternary nitrogens is 1. The number of carbonyl (C=O) groups excluding carboxylic acids is 2. The van der Waals surface area contributed by atoms with E-state index in [4.69, 9.17) is 16.3 Å². The van der Waals surface area contributed by atoms with E-state index in [0.717, 1.165) is 21.5 Å². The highest BCUT2D eigenvalue weighted by molar-refractivity contribution is 6.31. The number of aromatic amines is 1. The molecule has 3 rings (SSSR count). The number of nitrogens with one attached hydrogen (secondary N) is 3. The molecule has 1 unspecified atom stereocenters. The van der Waals surface area contributed by atoms with Gasteiger partial charge in [-0.2, -0.15) is 0 Å². The van der Waals surface area contributed by atoms with Crippen LogP contribution in [0, 0.1) is 6.92 Å². The molecule has 0 saturated heterocycles. The van der Waals surface area contributed by atoms with E-state index in [1.54, 1.807) is 18.2 Å². The SMILES string of the molecule is COc1ccc(Cl)cc1NC(=O)C[NH+](C)[C@H](C)C(=O)c1c(C)[nH]c2ccccc12. The summed E-state index contributed by atoms with van der Waals surface area (Å²) in [6.07, 6.45) is 0. The van der Waals surface area contributed by atoms with E-state index in [9.17, 15) is 9.59 Å². The van der Waals surface area contributed by atoms with Crippen molar-refractivity contribution in [1.29, 1.82) is 0 Å². The Morgan fingerprint density at radius 2 is 1.97 bits per heavy atom. The molecule has 0 aliphatic heterocycles. The quantitative estimate of drug-likeness (QED) is 0.520. The molecule has 0 fully saturated rings. The number of H-pyrrole nitrogens is 1. The fourth-order valence-electron chi connectivity index (χ4n) is 3.41. The van der Waals surface area contributed by atoms with Crippen LogP contribution < -0.4 is 15.0 Å². The van der Waals surface area contributed by atoms with Gasteiger partial charge in [0.05, 0.1) is 25.4 Å². The molecule has 0 bridgehead atoms. The third kappa shape index (κ3) is 4.44. The van der Waals surface area contributed by atoms with Gasteiger partial charge < -0.3 is 19.9 Å². The first kappa shape index (κ1) is 20.9. The zero-order valence-corrected chi connectivity index (χ0v) is 17.7. The number of fused-ring (bicyclic) bond motifs is 1. The Labute approximate surface area is 174 Å². The van der Waals surface area contributed by atoms with E-state index in [1.165, 1.54) is 7.11 Å².